The summed E-state index contributed by atoms with van der Waals surface area (Å²) >= 11 is 1.53. The Kier molecular flexibility index (Phi) is 4.93. The number of allylic oxidation sites excluding steroid dienone is 1. The Morgan fingerprint density at radius 1 is 1.13 bits per heavy atom. The number of aromatic nitrogens is 4. The predicted molar refractivity (Wildman–Crippen MR) is 127 cm³/mol. The van der Waals surface area contributed by atoms with E-state index in [1.807, 2.05) is 13.8 Å². The van der Waals surface area contributed by atoms with Crippen LogP contribution >= 0.6 is 11.8 Å². The molecule has 160 valence electrons. The molecule has 2 aliphatic carbocycles. The van der Waals surface area contributed by atoms with Crippen LogP contribution in [-0.2, 0) is 18.4 Å². The van der Waals surface area contributed by atoms with E-state index in [2.05, 4.69) is 52.2 Å². The smallest absolute Gasteiger partial charge is 0.265 e. The highest BCUT2D eigenvalue weighted by Crippen LogP contribution is 2.50. The van der Waals surface area contributed by atoms with Crippen LogP contribution in [0.25, 0.3) is 17.0 Å². The highest BCUT2D eigenvalue weighted by atomic mass is 32.2. The third-order valence-corrected chi connectivity index (χ3v) is 7.71. The average molecular weight is 433 g/mol. The van der Waals surface area contributed by atoms with Crippen LogP contribution in [-0.4, -0.2) is 24.9 Å². The van der Waals surface area contributed by atoms with Crippen LogP contribution in [0.1, 0.15) is 50.7 Å². The Bertz CT molecular complexity index is 1280. The van der Waals surface area contributed by atoms with Crippen LogP contribution in [0.15, 0.2) is 58.5 Å². The summed E-state index contributed by atoms with van der Waals surface area (Å²) in [6.45, 7) is 12.8. The first-order valence-corrected chi connectivity index (χ1v) is 11.9. The number of rotatable bonds is 5. The second-order valence-corrected chi connectivity index (χ2v) is 10.2. The fourth-order valence-corrected chi connectivity index (χ4v) is 6.13. The zero-order valence-corrected chi connectivity index (χ0v) is 19.1. The van der Waals surface area contributed by atoms with Crippen LogP contribution < -0.4 is 5.56 Å². The molecule has 1 saturated carbocycles. The second-order valence-electron chi connectivity index (χ2n) is 9.26. The minimum absolute atomic E-state index is 0.0496. The van der Waals surface area contributed by atoms with Crippen LogP contribution in [0.5, 0.6) is 0 Å². The van der Waals surface area contributed by atoms with Crippen molar-refractivity contribution in [2.75, 3.05) is 5.75 Å². The summed E-state index contributed by atoms with van der Waals surface area (Å²) < 4.78 is 3.92. The van der Waals surface area contributed by atoms with Gasteiger partial charge in [0.05, 0.1) is 5.69 Å². The Morgan fingerprint density at radius 2 is 1.87 bits per heavy atom. The summed E-state index contributed by atoms with van der Waals surface area (Å²) in [6.07, 6.45) is 5.37. The van der Waals surface area contributed by atoms with Gasteiger partial charge in [-0.1, -0.05) is 73.2 Å². The Labute approximate surface area is 186 Å². The van der Waals surface area contributed by atoms with Crippen molar-refractivity contribution >= 4 is 17.5 Å². The van der Waals surface area contributed by atoms with Crippen LogP contribution in [0.3, 0.4) is 0 Å². The molecule has 0 N–H and O–H groups in total. The standard InChI is InChI=1S/C25H28N4OS/c1-16(2)14-28-21-19-10-6-5-9-18(19)13-25(11-7-8-12-25)20(21)22(30)29-23(28)26-27-24(29)31-15-17(3)4/h5-6,9-10H,1,3,7-8,11-15H2,2,4H3. The topological polar surface area (TPSA) is 52.2 Å². The fourth-order valence-electron chi connectivity index (χ4n) is 5.36. The van der Waals surface area contributed by atoms with Gasteiger partial charge in [-0.15, -0.1) is 10.2 Å². The lowest BCUT2D eigenvalue weighted by Gasteiger charge is -2.37. The monoisotopic (exact) mass is 432 g/mol. The fraction of sp³-hybridized carbons (Fsp3) is 0.400. The van der Waals surface area contributed by atoms with Gasteiger partial charge in [-0.2, -0.15) is 0 Å². The molecule has 0 atom stereocenters. The number of fused-ring (bicyclic) bond motifs is 5. The summed E-state index contributed by atoms with van der Waals surface area (Å²) in [7, 11) is 0. The molecule has 3 aromatic rings. The molecule has 1 spiro atoms. The molecule has 2 heterocycles. The molecule has 1 fully saturated rings. The van der Waals surface area contributed by atoms with Gasteiger partial charge < -0.3 is 4.57 Å². The molecule has 2 aromatic heterocycles. The minimum Gasteiger partial charge on any atom is -0.305 e. The zero-order valence-electron chi connectivity index (χ0n) is 18.3. The van der Waals surface area contributed by atoms with E-state index in [9.17, 15) is 4.79 Å². The van der Waals surface area contributed by atoms with Crippen molar-refractivity contribution in [2.45, 2.75) is 63.1 Å². The number of hydrogen-bond acceptors (Lipinski definition) is 4. The molecule has 5 nitrogen and oxygen atoms in total. The van der Waals surface area contributed by atoms with Crippen molar-refractivity contribution in [1.29, 1.82) is 0 Å². The maximum atomic E-state index is 14.1. The Balaban J connectivity index is 1.89. The Hall–Kier alpha value is -2.60. The van der Waals surface area contributed by atoms with Gasteiger partial charge in [0.25, 0.3) is 5.56 Å². The van der Waals surface area contributed by atoms with Gasteiger partial charge in [0, 0.05) is 28.8 Å². The van der Waals surface area contributed by atoms with Gasteiger partial charge in [-0.3, -0.25) is 4.79 Å². The van der Waals surface area contributed by atoms with E-state index in [0.717, 1.165) is 47.2 Å². The van der Waals surface area contributed by atoms with E-state index in [4.69, 9.17) is 0 Å². The summed E-state index contributed by atoms with van der Waals surface area (Å²) in [4.78, 5) is 14.1. The van der Waals surface area contributed by atoms with E-state index in [1.54, 1.807) is 4.40 Å². The van der Waals surface area contributed by atoms with Gasteiger partial charge >= 0.3 is 0 Å². The summed E-state index contributed by atoms with van der Waals surface area (Å²) in [6, 6.07) is 8.53. The maximum absolute atomic E-state index is 14.1. The molecule has 31 heavy (non-hydrogen) atoms. The average Bonchev–Trinajstić information content (AvgIpc) is 3.36. The molecule has 6 heteroatoms. The third-order valence-electron chi connectivity index (χ3n) is 6.55. The molecule has 2 aliphatic rings. The van der Waals surface area contributed by atoms with Crippen molar-refractivity contribution in [2.24, 2.45) is 0 Å². The normalized spacial score (nSPS) is 16.5. The van der Waals surface area contributed by atoms with Crippen LogP contribution in [0.2, 0.25) is 0 Å². The lowest BCUT2D eigenvalue weighted by atomic mass is 9.68. The van der Waals surface area contributed by atoms with Gasteiger partial charge in [-0.25, -0.2) is 4.40 Å². The van der Waals surface area contributed by atoms with E-state index in [1.165, 1.54) is 30.2 Å². The molecular weight excluding hydrogens is 404 g/mol. The number of benzene rings is 1. The van der Waals surface area contributed by atoms with Gasteiger partial charge in [0.1, 0.15) is 0 Å². The van der Waals surface area contributed by atoms with Gasteiger partial charge in [0.2, 0.25) is 5.78 Å². The van der Waals surface area contributed by atoms with Crippen molar-refractivity contribution in [1.82, 2.24) is 19.2 Å². The molecule has 0 unspecified atom stereocenters. The largest absolute Gasteiger partial charge is 0.305 e. The Morgan fingerprint density at radius 3 is 2.58 bits per heavy atom. The van der Waals surface area contributed by atoms with Crippen molar-refractivity contribution in [3.8, 4) is 11.3 Å². The highest BCUT2D eigenvalue weighted by molar-refractivity contribution is 7.99. The molecule has 0 amide bonds. The quantitative estimate of drug-likeness (QED) is 0.412. The van der Waals surface area contributed by atoms with Crippen molar-refractivity contribution in [3.63, 3.8) is 0 Å². The molecular formula is C25H28N4OS. The zero-order chi connectivity index (χ0) is 21.8. The summed E-state index contributed by atoms with van der Waals surface area (Å²) in [5, 5.41) is 9.56. The first-order valence-electron chi connectivity index (χ1n) is 10.9. The van der Waals surface area contributed by atoms with E-state index < -0.39 is 0 Å². The molecule has 5 rings (SSSR count). The molecule has 1 aromatic carbocycles. The summed E-state index contributed by atoms with van der Waals surface area (Å²) in [5.74, 6) is 1.31. The number of hydrogen-bond donors (Lipinski definition) is 0. The second kappa shape index (κ2) is 7.52. The SMILES string of the molecule is C=C(C)CSc1nnc2n(CC(=C)C)c3c(c(=O)n12)C1(CCCC1)Cc1ccccc1-3. The van der Waals surface area contributed by atoms with Crippen LogP contribution in [0.4, 0.5) is 0 Å². The van der Waals surface area contributed by atoms with Crippen molar-refractivity contribution in [3.05, 3.63) is 70.1 Å². The lowest BCUT2D eigenvalue weighted by molar-refractivity contribution is 0.422. The number of thioether (sulfide) groups is 1. The lowest BCUT2D eigenvalue weighted by Crippen LogP contribution is -2.40. The molecule has 0 saturated heterocycles. The molecule has 0 aliphatic heterocycles. The summed E-state index contributed by atoms with van der Waals surface area (Å²) in [5.41, 5.74) is 6.46. The van der Waals surface area contributed by atoms with Crippen LogP contribution in [0, 0.1) is 0 Å². The third kappa shape index (κ3) is 3.19. The first-order chi connectivity index (χ1) is 14.9. The highest BCUT2D eigenvalue weighted by Gasteiger charge is 2.45. The van der Waals surface area contributed by atoms with Gasteiger partial charge in [-0.05, 0) is 38.7 Å². The van der Waals surface area contributed by atoms with Gasteiger partial charge in [0.15, 0.2) is 5.16 Å². The van der Waals surface area contributed by atoms with E-state index in [0.29, 0.717) is 23.2 Å². The van der Waals surface area contributed by atoms with Crippen molar-refractivity contribution < 1.29 is 0 Å². The maximum Gasteiger partial charge on any atom is 0.265 e. The predicted octanol–water partition coefficient (Wildman–Crippen LogP) is 5.17. The number of nitrogens with zero attached hydrogens (tertiary/aromatic N) is 4. The first kappa shape index (κ1) is 20.3. The molecule has 0 bridgehead atoms. The van der Waals surface area contributed by atoms with E-state index in [-0.39, 0.29) is 11.0 Å². The van der Waals surface area contributed by atoms with E-state index >= 15 is 0 Å². The minimum atomic E-state index is -0.105. The molecule has 0 radical (unpaired) electrons.